The Hall–Kier alpha value is -3.09. The molecule has 128 valence electrons. The van der Waals surface area contributed by atoms with Crippen molar-refractivity contribution in [2.45, 2.75) is 0 Å². The highest BCUT2D eigenvalue weighted by Crippen LogP contribution is 2.20. The lowest BCUT2D eigenvalue weighted by atomic mass is 10.2. The molecule has 1 aliphatic rings. The number of aromatic amines is 1. The Labute approximate surface area is 142 Å². The van der Waals surface area contributed by atoms with E-state index in [1.54, 1.807) is 40.1 Å². The first-order valence-electron chi connectivity index (χ1n) is 8.03. The van der Waals surface area contributed by atoms with E-state index < -0.39 is 0 Å². The van der Waals surface area contributed by atoms with E-state index in [2.05, 4.69) is 4.98 Å². The molecule has 7 heteroatoms. The van der Waals surface area contributed by atoms with Gasteiger partial charge in [0.1, 0.15) is 11.5 Å². The minimum absolute atomic E-state index is 0.176. The average molecular weight is 341 g/mol. The average Bonchev–Trinajstić information content (AvgIpc) is 3.31. The van der Waals surface area contributed by atoms with Crippen LogP contribution < -0.4 is 0 Å². The zero-order chi connectivity index (χ0) is 17.4. The van der Waals surface area contributed by atoms with Gasteiger partial charge < -0.3 is 19.2 Å². The summed E-state index contributed by atoms with van der Waals surface area (Å²) in [5, 5.41) is 0.662. The van der Waals surface area contributed by atoms with Crippen molar-refractivity contribution in [3.63, 3.8) is 0 Å². The molecule has 0 aliphatic carbocycles. The zero-order valence-corrected chi connectivity index (χ0v) is 13.4. The van der Waals surface area contributed by atoms with Crippen LogP contribution in [0.4, 0.5) is 4.39 Å². The molecule has 1 aromatic carbocycles. The summed E-state index contributed by atoms with van der Waals surface area (Å²) in [5.74, 6) is -0.457. The first-order valence-corrected chi connectivity index (χ1v) is 8.03. The van der Waals surface area contributed by atoms with Crippen LogP contribution >= 0.6 is 0 Å². The third-order valence-corrected chi connectivity index (χ3v) is 4.42. The van der Waals surface area contributed by atoms with E-state index in [1.807, 2.05) is 0 Å². The predicted molar refractivity (Wildman–Crippen MR) is 88.8 cm³/mol. The van der Waals surface area contributed by atoms with Gasteiger partial charge in [-0.05, 0) is 24.3 Å². The van der Waals surface area contributed by atoms with Crippen LogP contribution in [0.15, 0.2) is 47.1 Å². The molecule has 2 amide bonds. The Kier molecular flexibility index (Phi) is 3.76. The molecule has 3 heterocycles. The van der Waals surface area contributed by atoms with Crippen LogP contribution in [0.3, 0.4) is 0 Å². The number of H-pyrrole nitrogens is 1. The molecule has 1 fully saturated rings. The maximum Gasteiger partial charge on any atom is 0.289 e. The second-order valence-corrected chi connectivity index (χ2v) is 5.95. The molecule has 0 radical (unpaired) electrons. The number of rotatable bonds is 2. The van der Waals surface area contributed by atoms with Crippen molar-refractivity contribution in [1.29, 1.82) is 0 Å². The van der Waals surface area contributed by atoms with E-state index in [0.29, 0.717) is 48.5 Å². The van der Waals surface area contributed by atoms with Crippen LogP contribution in [0.5, 0.6) is 0 Å². The van der Waals surface area contributed by atoms with Gasteiger partial charge in [-0.15, -0.1) is 0 Å². The van der Waals surface area contributed by atoms with Gasteiger partial charge in [0.05, 0.1) is 11.8 Å². The number of hydrogen-bond acceptors (Lipinski definition) is 3. The number of amides is 2. The van der Waals surface area contributed by atoms with Crippen LogP contribution in [-0.2, 0) is 0 Å². The molecule has 1 N–H and O–H groups in total. The van der Waals surface area contributed by atoms with Crippen LogP contribution in [0.25, 0.3) is 10.9 Å². The van der Waals surface area contributed by atoms with Crippen LogP contribution in [0.2, 0.25) is 0 Å². The summed E-state index contributed by atoms with van der Waals surface area (Å²) in [7, 11) is 0. The summed E-state index contributed by atoms with van der Waals surface area (Å²) in [6, 6.07) is 9.67. The molecule has 0 atom stereocenters. The summed E-state index contributed by atoms with van der Waals surface area (Å²) in [5.41, 5.74) is 0.684. The molecule has 3 aromatic rings. The van der Waals surface area contributed by atoms with E-state index >= 15 is 0 Å². The van der Waals surface area contributed by atoms with Crippen molar-refractivity contribution in [3.05, 3.63) is 59.9 Å². The molecule has 0 bridgehead atoms. The first kappa shape index (κ1) is 15.4. The van der Waals surface area contributed by atoms with Gasteiger partial charge in [-0.3, -0.25) is 9.59 Å². The van der Waals surface area contributed by atoms with Crippen molar-refractivity contribution in [2.75, 3.05) is 26.2 Å². The smallest absolute Gasteiger partial charge is 0.289 e. The fourth-order valence-electron chi connectivity index (χ4n) is 3.07. The molecule has 25 heavy (non-hydrogen) atoms. The fourth-order valence-corrected chi connectivity index (χ4v) is 3.07. The summed E-state index contributed by atoms with van der Waals surface area (Å²) >= 11 is 0. The number of hydrogen-bond donors (Lipinski definition) is 1. The molecule has 2 aromatic heterocycles. The lowest BCUT2D eigenvalue weighted by Gasteiger charge is -2.34. The standard InChI is InChI=1S/C18H16FN3O3/c19-13-4-1-3-12-11-14(20-16(12)13)17(23)21-6-8-22(9-7-21)18(24)15-5-2-10-25-15/h1-5,10-11,20H,6-9H2. The number of carbonyl (C=O) groups excluding carboxylic acids is 2. The van der Waals surface area contributed by atoms with Crippen LogP contribution in [-0.4, -0.2) is 52.8 Å². The lowest BCUT2D eigenvalue weighted by molar-refractivity contribution is 0.0515. The number of piperazine rings is 1. The monoisotopic (exact) mass is 341 g/mol. The van der Waals surface area contributed by atoms with Gasteiger partial charge >= 0.3 is 0 Å². The van der Waals surface area contributed by atoms with E-state index in [4.69, 9.17) is 4.42 Å². The van der Waals surface area contributed by atoms with Crippen molar-refractivity contribution in [3.8, 4) is 0 Å². The van der Waals surface area contributed by atoms with Crippen molar-refractivity contribution in [1.82, 2.24) is 14.8 Å². The second-order valence-electron chi connectivity index (χ2n) is 5.95. The largest absolute Gasteiger partial charge is 0.459 e. The van der Waals surface area contributed by atoms with Crippen LogP contribution in [0.1, 0.15) is 21.0 Å². The second kappa shape index (κ2) is 6.08. The molecule has 0 saturated carbocycles. The quantitative estimate of drug-likeness (QED) is 0.779. The van der Waals surface area contributed by atoms with E-state index in [9.17, 15) is 14.0 Å². The maximum absolute atomic E-state index is 13.8. The summed E-state index contributed by atoms with van der Waals surface area (Å²) < 4.78 is 18.9. The van der Waals surface area contributed by atoms with E-state index in [-0.39, 0.29) is 17.6 Å². The SMILES string of the molecule is O=C(c1cc2cccc(F)c2[nH]1)N1CCN(C(=O)c2ccco2)CC1. The number of furan rings is 1. The molecule has 1 saturated heterocycles. The summed E-state index contributed by atoms with van der Waals surface area (Å²) in [6.45, 7) is 1.70. The Morgan fingerprint density at radius 3 is 2.36 bits per heavy atom. The van der Waals surface area contributed by atoms with Crippen LogP contribution in [0, 0.1) is 5.82 Å². The van der Waals surface area contributed by atoms with Gasteiger partial charge in [-0.25, -0.2) is 4.39 Å². The zero-order valence-electron chi connectivity index (χ0n) is 13.4. The molecule has 1 aliphatic heterocycles. The number of halogens is 1. The third-order valence-electron chi connectivity index (χ3n) is 4.42. The Bertz CT molecular complexity index is 924. The highest BCUT2D eigenvalue weighted by molar-refractivity contribution is 5.98. The van der Waals surface area contributed by atoms with Crippen molar-refractivity contribution >= 4 is 22.7 Å². The minimum Gasteiger partial charge on any atom is -0.459 e. The van der Waals surface area contributed by atoms with Gasteiger partial charge in [-0.1, -0.05) is 12.1 Å². The number of para-hydroxylation sites is 1. The number of carbonyl (C=O) groups is 2. The molecular weight excluding hydrogens is 325 g/mol. The Morgan fingerprint density at radius 2 is 1.72 bits per heavy atom. The Morgan fingerprint density at radius 1 is 1.00 bits per heavy atom. The highest BCUT2D eigenvalue weighted by atomic mass is 19.1. The first-order chi connectivity index (χ1) is 12.1. The topological polar surface area (TPSA) is 69.6 Å². The number of nitrogens with zero attached hydrogens (tertiary/aromatic N) is 2. The number of aromatic nitrogens is 1. The molecule has 0 unspecified atom stereocenters. The lowest BCUT2D eigenvalue weighted by Crippen LogP contribution is -2.50. The fraction of sp³-hybridized carbons (Fsp3) is 0.222. The third kappa shape index (κ3) is 2.77. The van der Waals surface area contributed by atoms with Gasteiger partial charge in [0.2, 0.25) is 0 Å². The van der Waals surface area contributed by atoms with Gasteiger partial charge in [0.15, 0.2) is 5.76 Å². The van der Waals surface area contributed by atoms with E-state index in [1.165, 1.54) is 12.3 Å². The van der Waals surface area contributed by atoms with Crippen molar-refractivity contribution in [2.24, 2.45) is 0 Å². The van der Waals surface area contributed by atoms with Crippen molar-refractivity contribution < 1.29 is 18.4 Å². The minimum atomic E-state index is -0.384. The molecule has 6 nitrogen and oxygen atoms in total. The normalized spacial score (nSPS) is 14.9. The van der Waals surface area contributed by atoms with Gasteiger partial charge in [0, 0.05) is 31.6 Å². The molecule has 4 rings (SSSR count). The predicted octanol–water partition coefficient (Wildman–Crippen LogP) is 2.50. The number of benzene rings is 1. The molecule has 0 spiro atoms. The number of nitrogens with one attached hydrogen (secondary N) is 1. The maximum atomic E-state index is 13.8. The highest BCUT2D eigenvalue weighted by Gasteiger charge is 2.27. The van der Waals surface area contributed by atoms with E-state index in [0.717, 1.165) is 0 Å². The summed E-state index contributed by atoms with van der Waals surface area (Å²) in [6.07, 6.45) is 1.46. The Balaban J connectivity index is 1.45. The van der Waals surface area contributed by atoms with Gasteiger partial charge in [-0.2, -0.15) is 0 Å². The number of fused-ring (bicyclic) bond motifs is 1. The van der Waals surface area contributed by atoms with Gasteiger partial charge in [0.25, 0.3) is 11.8 Å². The molecular formula is C18H16FN3O3. The summed E-state index contributed by atoms with van der Waals surface area (Å²) in [4.78, 5) is 31.1.